The van der Waals surface area contributed by atoms with Gasteiger partial charge in [0.2, 0.25) is 0 Å². The average Bonchev–Trinajstić information content (AvgIpc) is 2.16. The molecule has 0 aromatic carbocycles. The summed E-state index contributed by atoms with van der Waals surface area (Å²) in [6.45, 7) is 10.8. The van der Waals surface area contributed by atoms with Gasteiger partial charge in [0.15, 0.2) is 0 Å². The van der Waals surface area contributed by atoms with Crippen molar-refractivity contribution in [1.29, 1.82) is 0 Å². The third-order valence-corrected chi connectivity index (χ3v) is 3.65. The van der Waals surface area contributed by atoms with Gasteiger partial charge in [-0.25, -0.2) is 0 Å². The number of nitrogens with zero attached hydrogens (tertiary/aromatic N) is 2. The van der Waals surface area contributed by atoms with Crippen molar-refractivity contribution in [3.05, 3.63) is 0 Å². The molecule has 2 unspecified atom stereocenters. The first-order valence-corrected chi connectivity index (χ1v) is 6.32. The Morgan fingerprint density at radius 2 is 2.13 bits per heavy atom. The van der Waals surface area contributed by atoms with Gasteiger partial charge < -0.3 is 10.2 Å². The van der Waals surface area contributed by atoms with Gasteiger partial charge in [0.1, 0.15) is 0 Å². The lowest BCUT2D eigenvalue weighted by Gasteiger charge is -2.49. The van der Waals surface area contributed by atoms with Gasteiger partial charge in [-0.2, -0.15) is 0 Å². The Morgan fingerprint density at radius 3 is 2.87 bits per heavy atom. The summed E-state index contributed by atoms with van der Waals surface area (Å²) in [5, 5.41) is 3.51. The average molecular weight is 211 g/mol. The molecule has 2 aliphatic heterocycles. The molecule has 0 bridgehead atoms. The van der Waals surface area contributed by atoms with E-state index in [0.29, 0.717) is 0 Å². The maximum absolute atomic E-state index is 3.51. The van der Waals surface area contributed by atoms with E-state index in [1.54, 1.807) is 0 Å². The topological polar surface area (TPSA) is 18.5 Å². The fraction of sp³-hybridized carbons (Fsp3) is 1.00. The van der Waals surface area contributed by atoms with Crippen LogP contribution in [0.25, 0.3) is 0 Å². The van der Waals surface area contributed by atoms with E-state index in [1.165, 1.54) is 39.1 Å². The molecule has 2 rings (SSSR count). The molecule has 0 aliphatic carbocycles. The summed E-state index contributed by atoms with van der Waals surface area (Å²) in [5.74, 6) is 0.817. The van der Waals surface area contributed by atoms with Crippen LogP contribution in [-0.4, -0.2) is 61.7 Å². The molecule has 2 fully saturated rings. The predicted molar refractivity (Wildman–Crippen MR) is 64.1 cm³/mol. The monoisotopic (exact) mass is 211 g/mol. The van der Waals surface area contributed by atoms with Crippen LogP contribution in [0.4, 0.5) is 0 Å². The molecule has 0 amide bonds. The van der Waals surface area contributed by atoms with E-state index < -0.39 is 0 Å². The molecule has 2 atom stereocenters. The van der Waals surface area contributed by atoms with Crippen molar-refractivity contribution in [2.75, 3.05) is 39.8 Å². The van der Waals surface area contributed by atoms with Crippen molar-refractivity contribution in [2.24, 2.45) is 5.92 Å². The van der Waals surface area contributed by atoms with Crippen LogP contribution in [0.15, 0.2) is 0 Å². The van der Waals surface area contributed by atoms with Crippen LogP contribution in [0.1, 0.15) is 20.3 Å². The minimum Gasteiger partial charge on any atom is -0.314 e. The third kappa shape index (κ3) is 2.71. The fourth-order valence-corrected chi connectivity index (χ4v) is 3.08. The summed E-state index contributed by atoms with van der Waals surface area (Å²) >= 11 is 0. The van der Waals surface area contributed by atoms with Crippen LogP contribution in [0.5, 0.6) is 0 Å². The Bertz CT molecular complexity index is 203. The first kappa shape index (κ1) is 11.4. The summed E-state index contributed by atoms with van der Waals surface area (Å²) < 4.78 is 0. The maximum atomic E-state index is 3.51. The predicted octanol–water partition coefficient (Wildman–Crippen LogP) is 0.620. The number of rotatable bonds is 2. The second-order valence-corrected chi connectivity index (χ2v) is 5.60. The van der Waals surface area contributed by atoms with Gasteiger partial charge >= 0.3 is 0 Å². The summed E-state index contributed by atoms with van der Waals surface area (Å²) in [5.41, 5.74) is 0. The highest BCUT2D eigenvalue weighted by Gasteiger charge is 2.34. The molecule has 3 heteroatoms. The standard InChI is InChI=1S/C12H25N3/c1-10(2)6-11-8-14(3)9-12-7-13-4-5-15(11)12/h10-13H,4-9H2,1-3H3. The number of likely N-dealkylation sites (N-methyl/N-ethyl adjacent to an activating group) is 1. The second kappa shape index (κ2) is 4.81. The van der Waals surface area contributed by atoms with Crippen LogP contribution in [0.2, 0.25) is 0 Å². The van der Waals surface area contributed by atoms with E-state index in [9.17, 15) is 0 Å². The highest BCUT2D eigenvalue weighted by Crippen LogP contribution is 2.21. The lowest BCUT2D eigenvalue weighted by Crippen LogP contribution is -2.64. The SMILES string of the molecule is CC(C)CC1CN(C)CC2CNCCN21. The molecule has 0 aromatic heterocycles. The van der Waals surface area contributed by atoms with Crippen molar-refractivity contribution < 1.29 is 0 Å². The van der Waals surface area contributed by atoms with Gasteiger partial charge in [-0.05, 0) is 19.4 Å². The highest BCUT2D eigenvalue weighted by atomic mass is 15.3. The third-order valence-electron chi connectivity index (χ3n) is 3.65. The molecule has 0 radical (unpaired) electrons. The van der Waals surface area contributed by atoms with Crippen molar-refractivity contribution in [3.8, 4) is 0 Å². The Kier molecular flexibility index (Phi) is 3.65. The molecular formula is C12H25N3. The summed E-state index contributed by atoms with van der Waals surface area (Å²) in [7, 11) is 2.26. The first-order valence-electron chi connectivity index (χ1n) is 6.32. The van der Waals surface area contributed by atoms with E-state index in [4.69, 9.17) is 0 Å². The Labute approximate surface area is 93.8 Å². The minimum atomic E-state index is 0.751. The summed E-state index contributed by atoms with van der Waals surface area (Å²) in [4.78, 5) is 5.25. The van der Waals surface area contributed by atoms with Crippen molar-refractivity contribution in [2.45, 2.75) is 32.4 Å². The highest BCUT2D eigenvalue weighted by molar-refractivity contribution is 4.92. The van der Waals surface area contributed by atoms with Crippen molar-refractivity contribution in [1.82, 2.24) is 15.1 Å². The zero-order valence-corrected chi connectivity index (χ0v) is 10.4. The minimum absolute atomic E-state index is 0.751. The first-order chi connectivity index (χ1) is 7.16. The fourth-order valence-electron chi connectivity index (χ4n) is 3.08. The lowest BCUT2D eigenvalue weighted by atomic mass is 9.96. The van der Waals surface area contributed by atoms with Crippen molar-refractivity contribution >= 4 is 0 Å². The molecule has 15 heavy (non-hydrogen) atoms. The largest absolute Gasteiger partial charge is 0.314 e. The number of piperazine rings is 2. The van der Waals surface area contributed by atoms with E-state index >= 15 is 0 Å². The molecule has 1 N–H and O–H groups in total. The van der Waals surface area contributed by atoms with Crippen LogP contribution in [-0.2, 0) is 0 Å². The Balaban J connectivity index is 2.00. The van der Waals surface area contributed by atoms with Crippen LogP contribution in [0.3, 0.4) is 0 Å². The molecule has 0 saturated carbocycles. The Hall–Kier alpha value is -0.120. The molecule has 2 heterocycles. The molecular weight excluding hydrogens is 186 g/mol. The number of hydrogen-bond acceptors (Lipinski definition) is 3. The normalized spacial score (nSPS) is 34.4. The molecule has 3 nitrogen and oxygen atoms in total. The van der Waals surface area contributed by atoms with Gasteiger partial charge in [0.05, 0.1) is 0 Å². The zero-order chi connectivity index (χ0) is 10.8. The lowest BCUT2D eigenvalue weighted by molar-refractivity contribution is 0.0118. The summed E-state index contributed by atoms with van der Waals surface area (Å²) in [6, 6.07) is 1.54. The zero-order valence-electron chi connectivity index (χ0n) is 10.4. The van der Waals surface area contributed by atoms with Crippen molar-refractivity contribution in [3.63, 3.8) is 0 Å². The number of fused-ring (bicyclic) bond motifs is 1. The van der Waals surface area contributed by atoms with Gasteiger partial charge in [0, 0.05) is 44.8 Å². The number of hydrogen-bond donors (Lipinski definition) is 1. The van der Waals surface area contributed by atoms with E-state index in [0.717, 1.165) is 18.0 Å². The van der Waals surface area contributed by atoms with Gasteiger partial charge in [-0.1, -0.05) is 13.8 Å². The molecule has 2 saturated heterocycles. The molecule has 2 aliphatic rings. The van der Waals surface area contributed by atoms with E-state index in [-0.39, 0.29) is 0 Å². The van der Waals surface area contributed by atoms with Gasteiger partial charge in [-0.15, -0.1) is 0 Å². The molecule has 88 valence electrons. The molecule has 0 aromatic rings. The van der Waals surface area contributed by atoms with Crippen LogP contribution >= 0.6 is 0 Å². The van der Waals surface area contributed by atoms with E-state index in [1.807, 2.05) is 0 Å². The van der Waals surface area contributed by atoms with Crippen LogP contribution < -0.4 is 5.32 Å². The molecule has 0 spiro atoms. The number of nitrogens with one attached hydrogen (secondary N) is 1. The van der Waals surface area contributed by atoms with Gasteiger partial charge in [-0.3, -0.25) is 4.90 Å². The van der Waals surface area contributed by atoms with E-state index in [2.05, 4.69) is 36.0 Å². The quantitative estimate of drug-likeness (QED) is 0.722. The second-order valence-electron chi connectivity index (χ2n) is 5.60. The van der Waals surface area contributed by atoms with Gasteiger partial charge in [0.25, 0.3) is 0 Å². The maximum Gasteiger partial charge on any atom is 0.0351 e. The smallest absolute Gasteiger partial charge is 0.0351 e. The summed E-state index contributed by atoms with van der Waals surface area (Å²) in [6.07, 6.45) is 1.35. The van der Waals surface area contributed by atoms with Crippen LogP contribution in [0, 0.1) is 5.92 Å². The Morgan fingerprint density at radius 1 is 1.33 bits per heavy atom.